The third kappa shape index (κ3) is 3.41. The average molecular weight is 286 g/mol. The topological polar surface area (TPSA) is 75.4 Å². The summed E-state index contributed by atoms with van der Waals surface area (Å²) < 4.78 is 27.3. The summed E-state index contributed by atoms with van der Waals surface area (Å²) in [6.07, 6.45) is 2.78. The fourth-order valence-electron chi connectivity index (χ4n) is 2.53. The summed E-state index contributed by atoms with van der Waals surface area (Å²) in [7, 11) is 0. The lowest BCUT2D eigenvalue weighted by atomic mass is 9.87. The minimum Gasteiger partial charge on any atom is -0.393 e. The number of non-ortho nitro benzene ring substituents is 1. The van der Waals surface area contributed by atoms with E-state index in [1.807, 2.05) is 0 Å². The van der Waals surface area contributed by atoms with Crippen molar-refractivity contribution in [3.05, 3.63) is 33.9 Å². The fraction of sp³-hybridized carbons (Fsp3) is 0.538. The predicted octanol–water partition coefficient (Wildman–Crippen LogP) is 2.84. The van der Waals surface area contributed by atoms with E-state index >= 15 is 0 Å². The van der Waals surface area contributed by atoms with Gasteiger partial charge >= 0.3 is 0 Å². The number of nitro benzene ring substituents is 1. The SMILES string of the molecule is O=[N+]([O-])c1cc(F)c(NCC2CCCC(O)C2)c(F)c1. The maximum absolute atomic E-state index is 13.6. The van der Waals surface area contributed by atoms with Crippen LogP contribution in [0, 0.1) is 27.7 Å². The Morgan fingerprint density at radius 3 is 2.55 bits per heavy atom. The van der Waals surface area contributed by atoms with Crippen LogP contribution in [0.1, 0.15) is 25.7 Å². The Hall–Kier alpha value is -1.76. The molecule has 7 heteroatoms. The zero-order valence-corrected chi connectivity index (χ0v) is 10.8. The van der Waals surface area contributed by atoms with Crippen LogP contribution in [0.3, 0.4) is 0 Å². The minimum absolute atomic E-state index is 0.146. The molecule has 2 N–H and O–H groups in total. The van der Waals surface area contributed by atoms with Gasteiger partial charge in [-0.15, -0.1) is 0 Å². The van der Waals surface area contributed by atoms with Crippen LogP contribution in [0.4, 0.5) is 20.2 Å². The molecule has 0 saturated heterocycles. The highest BCUT2D eigenvalue weighted by Crippen LogP contribution is 2.28. The van der Waals surface area contributed by atoms with Gasteiger partial charge in [0.05, 0.1) is 23.2 Å². The van der Waals surface area contributed by atoms with Crippen LogP contribution in [0.5, 0.6) is 0 Å². The van der Waals surface area contributed by atoms with Crippen molar-refractivity contribution in [1.29, 1.82) is 0 Å². The standard InChI is InChI=1S/C13H16F2N2O3/c14-11-5-9(17(19)20)6-12(15)13(11)16-7-8-2-1-3-10(18)4-8/h5-6,8,10,16,18H,1-4,7H2. The molecule has 0 radical (unpaired) electrons. The van der Waals surface area contributed by atoms with Crippen molar-refractivity contribution in [1.82, 2.24) is 0 Å². The van der Waals surface area contributed by atoms with E-state index in [0.717, 1.165) is 19.3 Å². The predicted molar refractivity (Wildman–Crippen MR) is 69.5 cm³/mol. The fourth-order valence-corrected chi connectivity index (χ4v) is 2.53. The molecule has 2 rings (SSSR count). The summed E-state index contributed by atoms with van der Waals surface area (Å²) in [6, 6.07) is 1.39. The Labute approximate surface area is 114 Å². The van der Waals surface area contributed by atoms with E-state index in [1.54, 1.807) is 0 Å². The smallest absolute Gasteiger partial charge is 0.275 e. The number of halogens is 2. The highest BCUT2D eigenvalue weighted by Gasteiger charge is 2.22. The number of aliphatic hydroxyl groups is 1. The Morgan fingerprint density at radius 1 is 1.35 bits per heavy atom. The number of nitrogens with zero attached hydrogens (tertiary/aromatic N) is 1. The molecule has 0 spiro atoms. The van der Waals surface area contributed by atoms with Crippen molar-refractivity contribution in [3.8, 4) is 0 Å². The van der Waals surface area contributed by atoms with Crippen LogP contribution >= 0.6 is 0 Å². The molecule has 5 nitrogen and oxygen atoms in total. The molecule has 1 fully saturated rings. The molecule has 0 amide bonds. The summed E-state index contributed by atoms with van der Waals surface area (Å²) in [5.74, 6) is -1.81. The molecular formula is C13H16F2N2O3. The average Bonchev–Trinajstić information content (AvgIpc) is 2.37. The minimum atomic E-state index is -0.979. The van der Waals surface area contributed by atoms with Gasteiger partial charge in [-0.05, 0) is 25.2 Å². The van der Waals surface area contributed by atoms with Gasteiger partial charge in [-0.3, -0.25) is 10.1 Å². The Balaban J connectivity index is 2.04. The van der Waals surface area contributed by atoms with E-state index < -0.39 is 22.2 Å². The van der Waals surface area contributed by atoms with Crippen LogP contribution in [0.2, 0.25) is 0 Å². The molecule has 20 heavy (non-hydrogen) atoms. The van der Waals surface area contributed by atoms with Crippen LogP contribution in [0.25, 0.3) is 0 Å². The monoisotopic (exact) mass is 286 g/mol. The number of rotatable bonds is 4. The number of nitro groups is 1. The second-order valence-electron chi connectivity index (χ2n) is 5.11. The van der Waals surface area contributed by atoms with Crippen molar-refractivity contribution in [3.63, 3.8) is 0 Å². The molecule has 0 aromatic heterocycles. The van der Waals surface area contributed by atoms with Gasteiger partial charge in [0.15, 0.2) is 11.6 Å². The molecule has 2 atom stereocenters. The molecule has 1 saturated carbocycles. The van der Waals surface area contributed by atoms with E-state index in [9.17, 15) is 24.0 Å². The molecule has 0 aliphatic heterocycles. The Kier molecular flexibility index (Phi) is 4.49. The van der Waals surface area contributed by atoms with E-state index in [1.165, 1.54) is 0 Å². The first-order chi connectivity index (χ1) is 9.47. The van der Waals surface area contributed by atoms with Gasteiger partial charge in [-0.25, -0.2) is 8.78 Å². The van der Waals surface area contributed by atoms with Crippen molar-refractivity contribution < 1.29 is 18.8 Å². The quantitative estimate of drug-likeness (QED) is 0.659. The number of hydrogen-bond donors (Lipinski definition) is 2. The van der Waals surface area contributed by atoms with Crippen LogP contribution in [-0.4, -0.2) is 22.7 Å². The lowest BCUT2D eigenvalue weighted by molar-refractivity contribution is -0.385. The highest BCUT2D eigenvalue weighted by atomic mass is 19.1. The van der Waals surface area contributed by atoms with Crippen molar-refractivity contribution >= 4 is 11.4 Å². The maximum atomic E-state index is 13.6. The zero-order chi connectivity index (χ0) is 14.7. The number of benzene rings is 1. The third-order valence-corrected chi connectivity index (χ3v) is 3.56. The van der Waals surface area contributed by atoms with E-state index in [2.05, 4.69) is 5.32 Å². The molecule has 0 heterocycles. The Bertz CT molecular complexity index is 487. The van der Waals surface area contributed by atoms with E-state index in [-0.39, 0.29) is 17.7 Å². The summed E-state index contributed by atoms with van der Waals surface area (Å²) in [4.78, 5) is 9.64. The summed E-state index contributed by atoms with van der Waals surface area (Å²) in [5, 5.41) is 22.7. The second kappa shape index (κ2) is 6.13. The zero-order valence-electron chi connectivity index (χ0n) is 10.8. The normalized spacial score (nSPS) is 22.6. The number of aliphatic hydroxyl groups excluding tert-OH is 1. The highest BCUT2D eigenvalue weighted by molar-refractivity contribution is 5.51. The van der Waals surface area contributed by atoms with Gasteiger partial charge in [-0.2, -0.15) is 0 Å². The first-order valence-electron chi connectivity index (χ1n) is 6.52. The van der Waals surface area contributed by atoms with Gasteiger partial charge in [0.2, 0.25) is 0 Å². The van der Waals surface area contributed by atoms with Crippen molar-refractivity contribution in [2.75, 3.05) is 11.9 Å². The van der Waals surface area contributed by atoms with Gasteiger partial charge in [0.1, 0.15) is 5.69 Å². The molecule has 2 unspecified atom stereocenters. The first-order valence-corrected chi connectivity index (χ1v) is 6.52. The van der Waals surface area contributed by atoms with Crippen molar-refractivity contribution in [2.45, 2.75) is 31.8 Å². The first kappa shape index (κ1) is 14.6. The van der Waals surface area contributed by atoms with Gasteiger partial charge in [0, 0.05) is 6.54 Å². The van der Waals surface area contributed by atoms with E-state index in [0.29, 0.717) is 25.1 Å². The van der Waals surface area contributed by atoms with Crippen LogP contribution in [0.15, 0.2) is 12.1 Å². The van der Waals surface area contributed by atoms with Gasteiger partial charge in [0.25, 0.3) is 5.69 Å². The number of nitrogens with one attached hydrogen (secondary N) is 1. The maximum Gasteiger partial charge on any atom is 0.275 e. The second-order valence-corrected chi connectivity index (χ2v) is 5.11. The lowest BCUT2D eigenvalue weighted by Gasteiger charge is -2.26. The lowest BCUT2D eigenvalue weighted by Crippen LogP contribution is -2.25. The molecule has 1 aliphatic rings. The van der Waals surface area contributed by atoms with Gasteiger partial charge < -0.3 is 10.4 Å². The van der Waals surface area contributed by atoms with Gasteiger partial charge in [-0.1, -0.05) is 6.42 Å². The van der Waals surface area contributed by atoms with Crippen molar-refractivity contribution in [2.24, 2.45) is 5.92 Å². The number of hydrogen-bond acceptors (Lipinski definition) is 4. The summed E-state index contributed by atoms with van der Waals surface area (Å²) in [5.41, 5.74) is -0.964. The molecule has 1 aromatic carbocycles. The van der Waals surface area contributed by atoms with E-state index in [4.69, 9.17) is 0 Å². The Morgan fingerprint density at radius 2 is 2.00 bits per heavy atom. The van der Waals surface area contributed by atoms with Crippen LogP contribution in [-0.2, 0) is 0 Å². The molecule has 110 valence electrons. The molecule has 1 aliphatic carbocycles. The third-order valence-electron chi connectivity index (χ3n) is 3.56. The molecule has 1 aromatic rings. The summed E-state index contributed by atoms with van der Waals surface area (Å²) in [6.45, 7) is 0.336. The van der Waals surface area contributed by atoms with Crippen LogP contribution < -0.4 is 5.32 Å². The molecule has 0 bridgehead atoms. The largest absolute Gasteiger partial charge is 0.393 e. The molecular weight excluding hydrogens is 270 g/mol. The number of anilines is 1. The summed E-state index contributed by atoms with van der Waals surface area (Å²) >= 11 is 0.